The van der Waals surface area contributed by atoms with Crippen LogP contribution in [0, 0.1) is 0 Å². The minimum Gasteiger partial charge on any atom is -0.423 e. The van der Waals surface area contributed by atoms with Crippen LogP contribution in [0.3, 0.4) is 0 Å². The van der Waals surface area contributed by atoms with Crippen molar-refractivity contribution in [1.29, 1.82) is 0 Å². The summed E-state index contributed by atoms with van der Waals surface area (Å²) in [6.45, 7) is 9.46. The van der Waals surface area contributed by atoms with Crippen LogP contribution in [0.25, 0.3) is 77.9 Å². The molecule has 0 unspecified atom stereocenters. The third kappa shape index (κ3) is 13.7. The van der Waals surface area contributed by atoms with Gasteiger partial charge >= 0.3 is 7.12 Å². The normalized spacial score (nSPS) is 13.4. The average molecular weight is 1620 g/mol. The molecule has 0 fully saturated rings. The first kappa shape index (κ1) is 80.9. The van der Waals surface area contributed by atoms with Crippen LogP contribution in [0.1, 0.15) is 102 Å². The maximum Gasteiger partial charge on any atom is 0.488 e. The number of benzene rings is 18. The first-order valence-corrected chi connectivity index (χ1v) is 42.5. The van der Waals surface area contributed by atoms with Gasteiger partial charge in [0.05, 0.1) is 22.2 Å². The van der Waals surface area contributed by atoms with Crippen LogP contribution >= 0.6 is 11.6 Å². The van der Waals surface area contributed by atoms with E-state index in [4.69, 9.17) is 11.6 Å². The Morgan fingerprint density at radius 3 is 0.806 bits per heavy atom. The maximum absolute atomic E-state index is 9.56. The van der Waals surface area contributed by atoms with Crippen molar-refractivity contribution in [3.8, 4) is 77.9 Å². The van der Waals surface area contributed by atoms with Crippen molar-refractivity contribution in [3.05, 3.63) is 521 Å². The predicted molar refractivity (Wildman–Crippen MR) is 522 cm³/mol. The van der Waals surface area contributed by atoms with Crippen molar-refractivity contribution in [3.63, 3.8) is 0 Å². The molecule has 4 aliphatic carbocycles. The Morgan fingerprint density at radius 2 is 0.460 bits per heavy atom. The lowest BCUT2D eigenvalue weighted by atomic mass is 9.55. The SMILES string of the molecule is C.CC1(C)c2ccccc2C2(c3ccccc3-c3cc(-c4ccc(N(c5ccc(-c6ccccc6)cc5)c5ccccc5-c5ccccc5)cc4)ccc32)c2ccccc21.CC1(C)c2ccccc2C2(c3ccccc3-c3cc(Cl)ccc32)c2ccccc21.OB(O)c1ccc(N(c2ccc(-c3ccccc3)cc2)c2ccccc2-c2ccccc2)cc1.[B]. The summed E-state index contributed by atoms with van der Waals surface area (Å²) in [6.07, 6.45) is 0. The molecule has 4 aliphatic rings. The van der Waals surface area contributed by atoms with E-state index >= 15 is 0 Å². The second-order valence-electron chi connectivity index (χ2n) is 33.2. The summed E-state index contributed by atoms with van der Waals surface area (Å²) in [5, 5.41) is 19.9. The number of para-hydroxylation sites is 2. The van der Waals surface area contributed by atoms with Gasteiger partial charge in [-0.25, -0.2) is 0 Å². The Bertz CT molecular complexity index is 6820. The van der Waals surface area contributed by atoms with Crippen LogP contribution in [0.15, 0.2) is 449 Å². The van der Waals surface area contributed by atoms with Gasteiger partial charge in [-0.15, -0.1) is 0 Å². The average Bonchev–Trinajstić information content (AvgIpc) is 1.48. The van der Waals surface area contributed by atoms with Crippen LogP contribution in [0.5, 0.6) is 0 Å². The van der Waals surface area contributed by atoms with Crippen molar-refractivity contribution in [2.45, 2.75) is 56.8 Å². The van der Waals surface area contributed by atoms with Crippen LogP contribution in [-0.2, 0) is 21.7 Å². The van der Waals surface area contributed by atoms with Crippen molar-refractivity contribution < 1.29 is 10.0 Å². The van der Waals surface area contributed by atoms with Crippen LogP contribution < -0.4 is 15.3 Å². The second kappa shape index (κ2) is 33.4. The first-order valence-electron chi connectivity index (χ1n) is 42.1. The molecule has 0 aromatic heterocycles. The smallest absolute Gasteiger partial charge is 0.423 e. The Balaban J connectivity index is 0.000000137. The highest BCUT2D eigenvalue weighted by molar-refractivity contribution is 6.58. The van der Waals surface area contributed by atoms with Gasteiger partial charge in [0.2, 0.25) is 0 Å². The molecule has 0 amide bonds. The Hall–Kier alpha value is -14.1. The lowest BCUT2D eigenvalue weighted by Gasteiger charge is -2.46. The molecule has 7 heteroatoms. The van der Waals surface area contributed by atoms with Gasteiger partial charge in [-0.3, -0.25) is 0 Å². The van der Waals surface area contributed by atoms with Crippen LogP contribution in [0.2, 0.25) is 5.02 Å². The molecule has 18 aromatic carbocycles. The number of halogens is 1. The molecule has 2 N–H and O–H groups in total. The highest BCUT2D eigenvalue weighted by atomic mass is 35.5. The van der Waals surface area contributed by atoms with Gasteiger partial charge < -0.3 is 19.8 Å². The minimum absolute atomic E-state index is 0. The third-order valence-corrected chi connectivity index (χ3v) is 26.1. The predicted octanol–water partition coefficient (Wildman–Crippen LogP) is 28.9. The van der Waals surface area contributed by atoms with Gasteiger partial charge in [-0.1, -0.05) is 417 Å². The quantitative estimate of drug-likeness (QED) is 0.120. The number of fused-ring (bicyclic) bond motifs is 18. The molecule has 0 heterocycles. The van der Waals surface area contributed by atoms with Crippen molar-refractivity contribution in [2.75, 3.05) is 9.80 Å². The molecule has 0 bridgehead atoms. The molecular weight excluding hydrogens is 1520 g/mol. The molecule has 0 saturated heterocycles. The standard InChI is InChI=1S/C58H43N.C30H24BNO2.C28H21Cl.CH4.B/c1-57(2)52-24-12-14-26-54(52)58(55-27-15-13-25-53(55)57)50-23-11-9-22-48(50)49-39-44(33-38-51(49)58)42-31-36-46(37-32-42)59(45-34-29-41(30-35-45)40-17-5-3-6-18-40)56-28-16-10-21-47(56)43-19-7-4-8-20-43;33-31(34)26-17-21-28(22-18-26)32(27-19-15-24(16-20-27)23-9-3-1-4-10-23)30-14-8-7-13-29(30)25-11-5-2-6-12-25;1-27(2)23-11-5-7-13-25(23)28(26-14-8-6-12-24(26)27)21-10-4-3-9-19(21)20-17-18(29)15-16-22(20)28;;/h3-39H,1-2H3;1-22,33-34H;3-17H,1-2H3;1H4;. The summed E-state index contributed by atoms with van der Waals surface area (Å²) < 4.78 is 0. The Labute approximate surface area is 736 Å². The fourth-order valence-electron chi connectivity index (χ4n) is 20.3. The largest absolute Gasteiger partial charge is 0.488 e. The van der Waals surface area contributed by atoms with E-state index in [1.165, 1.54) is 128 Å². The van der Waals surface area contributed by atoms with Crippen LogP contribution in [0.4, 0.5) is 34.1 Å². The van der Waals surface area contributed by atoms with E-state index in [2.05, 4.69) is 408 Å². The molecule has 0 atom stereocenters. The van der Waals surface area contributed by atoms with Gasteiger partial charge in [-0.2, -0.15) is 0 Å². The summed E-state index contributed by atoms with van der Waals surface area (Å²) in [5.74, 6) is 0. The molecule has 22 rings (SSSR count). The van der Waals surface area contributed by atoms with Gasteiger partial charge in [0.15, 0.2) is 0 Å². The van der Waals surface area contributed by atoms with Crippen molar-refractivity contribution >= 4 is 66.7 Å². The summed E-state index contributed by atoms with van der Waals surface area (Å²) >= 11 is 6.46. The lowest BCUT2D eigenvalue weighted by Crippen LogP contribution is -2.40. The highest BCUT2D eigenvalue weighted by Gasteiger charge is 2.55. The van der Waals surface area contributed by atoms with Crippen LogP contribution in [-0.4, -0.2) is 25.6 Å². The molecule has 2 spiro atoms. The van der Waals surface area contributed by atoms with Gasteiger partial charge in [0.25, 0.3) is 0 Å². The van der Waals surface area contributed by atoms with E-state index in [1.54, 1.807) is 12.1 Å². The zero-order chi connectivity index (χ0) is 82.7. The molecule has 4 nitrogen and oxygen atoms in total. The zero-order valence-corrected chi connectivity index (χ0v) is 69.8. The third-order valence-electron chi connectivity index (χ3n) is 25.9. The number of hydrogen-bond donors (Lipinski definition) is 2. The number of nitrogens with zero attached hydrogens (tertiary/aromatic N) is 2. The first-order chi connectivity index (χ1) is 59.8. The zero-order valence-electron chi connectivity index (χ0n) is 69.0. The molecule has 18 aromatic rings. The lowest BCUT2D eigenvalue weighted by molar-refractivity contribution is 0.426. The molecule has 3 radical (unpaired) electrons. The van der Waals surface area contributed by atoms with E-state index in [0.717, 1.165) is 55.8 Å². The maximum atomic E-state index is 9.56. The summed E-state index contributed by atoms with van der Waals surface area (Å²) in [6, 6.07) is 161. The molecule has 0 saturated carbocycles. The van der Waals surface area contributed by atoms with E-state index in [-0.39, 0.29) is 37.5 Å². The fraction of sp³-hybridized carbons (Fsp3) is 0.0769. The summed E-state index contributed by atoms with van der Waals surface area (Å²) in [7, 11) is -1.50. The van der Waals surface area contributed by atoms with Gasteiger partial charge in [0.1, 0.15) is 0 Å². The summed E-state index contributed by atoms with van der Waals surface area (Å²) in [4.78, 5) is 4.59. The molecule has 0 aliphatic heterocycles. The van der Waals surface area contributed by atoms with Gasteiger partial charge in [0, 0.05) is 58.1 Å². The molecule has 124 heavy (non-hydrogen) atoms. The van der Waals surface area contributed by atoms with E-state index in [9.17, 15) is 10.0 Å². The Kier molecular flexibility index (Phi) is 21.8. The van der Waals surface area contributed by atoms with Crippen molar-refractivity contribution in [2.24, 2.45) is 0 Å². The number of anilines is 6. The van der Waals surface area contributed by atoms with Crippen molar-refractivity contribution in [1.82, 2.24) is 0 Å². The topological polar surface area (TPSA) is 46.9 Å². The van der Waals surface area contributed by atoms with Gasteiger partial charge in [-0.05, 0) is 218 Å². The monoisotopic (exact) mass is 1610 g/mol. The Morgan fingerprint density at radius 1 is 0.218 bits per heavy atom. The second-order valence-corrected chi connectivity index (χ2v) is 33.7. The van der Waals surface area contributed by atoms with E-state index in [0.29, 0.717) is 5.46 Å². The summed E-state index contributed by atoms with van der Waals surface area (Å²) in [5.41, 5.74) is 39.4. The van der Waals surface area contributed by atoms with E-state index in [1.807, 2.05) is 66.7 Å². The van der Waals surface area contributed by atoms with E-state index < -0.39 is 7.12 Å². The number of rotatable bonds is 12. The number of hydrogen-bond acceptors (Lipinski definition) is 4. The molecule has 595 valence electrons. The fourth-order valence-corrected chi connectivity index (χ4v) is 20.4. The molecular formula is C117H92B2ClN2O2. The minimum atomic E-state index is -1.50. The highest BCUT2D eigenvalue weighted by Crippen LogP contribution is 2.65.